The maximum atomic E-state index is 11.8. The number of rotatable bonds is 2. The molecule has 14 heavy (non-hydrogen) atoms. The number of ether oxygens (including phenoxy) is 1. The first-order valence-corrected chi connectivity index (χ1v) is 4.73. The summed E-state index contributed by atoms with van der Waals surface area (Å²) in [4.78, 5) is 10.8. The largest absolute Gasteiger partial charge is 0.462 e. The Morgan fingerprint density at radius 3 is 2.29 bits per heavy atom. The second-order valence-corrected chi connectivity index (χ2v) is 3.54. The van der Waals surface area contributed by atoms with E-state index in [1.807, 2.05) is 0 Å². The van der Waals surface area contributed by atoms with Gasteiger partial charge < -0.3 is 4.74 Å². The van der Waals surface area contributed by atoms with Gasteiger partial charge in [-0.25, -0.2) is 0 Å². The fourth-order valence-electron chi connectivity index (χ4n) is 1.57. The van der Waals surface area contributed by atoms with Gasteiger partial charge in [-0.2, -0.15) is 13.2 Å². The minimum absolute atomic E-state index is 0.293. The molecule has 0 aliphatic heterocycles. The maximum absolute atomic E-state index is 11.8. The van der Waals surface area contributed by atoms with E-state index in [1.54, 1.807) is 0 Å². The lowest BCUT2D eigenvalue weighted by Crippen LogP contribution is -2.24. The van der Waals surface area contributed by atoms with Gasteiger partial charge in [0.15, 0.2) is 0 Å². The first-order valence-electron chi connectivity index (χ1n) is 4.73. The van der Waals surface area contributed by atoms with Crippen LogP contribution in [0.25, 0.3) is 0 Å². The number of carbonyl (C=O) groups is 1. The minimum Gasteiger partial charge on any atom is -0.462 e. The standard InChI is InChI=1S/C9H13F3O2/c10-9(11,12)6-8(13)14-7-4-2-1-3-5-7/h7H,1-6H2. The molecule has 0 aromatic carbocycles. The van der Waals surface area contributed by atoms with Crippen LogP contribution >= 0.6 is 0 Å². The SMILES string of the molecule is O=C(CC(F)(F)F)OC1CCCCC1. The second kappa shape index (κ2) is 4.66. The molecule has 0 bridgehead atoms. The molecule has 0 aromatic heterocycles. The summed E-state index contributed by atoms with van der Waals surface area (Å²) in [5, 5.41) is 0. The average Bonchev–Trinajstić information content (AvgIpc) is 2.02. The van der Waals surface area contributed by atoms with Crippen LogP contribution in [-0.4, -0.2) is 18.2 Å². The lowest BCUT2D eigenvalue weighted by molar-refractivity contribution is -0.176. The van der Waals surface area contributed by atoms with Crippen molar-refractivity contribution < 1.29 is 22.7 Å². The van der Waals surface area contributed by atoms with E-state index in [9.17, 15) is 18.0 Å². The van der Waals surface area contributed by atoms with Crippen LogP contribution in [-0.2, 0) is 9.53 Å². The summed E-state index contributed by atoms with van der Waals surface area (Å²) in [6, 6.07) is 0. The van der Waals surface area contributed by atoms with Gasteiger partial charge in [-0.05, 0) is 25.7 Å². The summed E-state index contributed by atoms with van der Waals surface area (Å²) in [7, 11) is 0. The molecule has 0 aromatic rings. The zero-order chi connectivity index (χ0) is 10.6. The Labute approximate surface area is 80.4 Å². The van der Waals surface area contributed by atoms with Gasteiger partial charge in [0.2, 0.25) is 0 Å². The highest BCUT2D eigenvalue weighted by atomic mass is 19.4. The van der Waals surface area contributed by atoms with E-state index in [4.69, 9.17) is 4.74 Å². The van der Waals surface area contributed by atoms with Gasteiger partial charge in [-0.3, -0.25) is 4.79 Å². The summed E-state index contributed by atoms with van der Waals surface area (Å²) >= 11 is 0. The van der Waals surface area contributed by atoms with E-state index in [0.29, 0.717) is 12.8 Å². The van der Waals surface area contributed by atoms with Crippen LogP contribution in [0.5, 0.6) is 0 Å². The van der Waals surface area contributed by atoms with E-state index in [1.165, 1.54) is 0 Å². The topological polar surface area (TPSA) is 26.3 Å². The third-order valence-corrected chi connectivity index (χ3v) is 2.20. The van der Waals surface area contributed by atoms with Gasteiger partial charge in [0.05, 0.1) is 0 Å². The zero-order valence-corrected chi connectivity index (χ0v) is 7.77. The van der Waals surface area contributed by atoms with E-state index in [0.717, 1.165) is 19.3 Å². The molecule has 1 saturated carbocycles. The van der Waals surface area contributed by atoms with Crippen molar-refractivity contribution in [3.63, 3.8) is 0 Å². The maximum Gasteiger partial charge on any atom is 0.399 e. The number of hydrogen-bond donors (Lipinski definition) is 0. The van der Waals surface area contributed by atoms with E-state index in [2.05, 4.69) is 0 Å². The quantitative estimate of drug-likeness (QED) is 0.655. The fourth-order valence-corrected chi connectivity index (χ4v) is 1.57. The van der Waals surface area contributed by atoms with Crippen LogP contribution in [0, 0.1) is 0 Å². The van der Waals surface area contributed by atoms with Crippen molar-refractivity contribution in [1.82, 2.24) is 0 Å². The molecule has 1 aliphatic carbocycles. The van der Waals surface area contributed by atoms with Gasteiger partial charge in [0, 0.05) is 0 Å². The molecule has 82 valence electrons. The first-order chi connectivity index (χ1) is 6.47. The highest BCUT2D eigenvalue weighted by Gasteiger charge is 2.33. The van der Waals surface area contributed by atoms with Gasteiger partial charge in [0.1, 0.15) is 12.5 Å². The minimum atomic E-state index is -4.45. The first kappa shape index (κ1) is 11.3. The number of alkyl halides is 3. The van der Waals surface area contributed by atoms with Crippen LogP contribution in [0.4, 0.5) is 13.2 Å². The lowest BCUT2D eigenvalue weighted by atomic mass is 9.98. The predicted molar refractivity (Wildman–Crippen MR) is 43.6 cm³/mol. The van der Waals surface area contributed by atoms with E-state index in [-0.39, 0.29) is 6.10 Å². The molecule has 1 fully saturated rings. The third-order valence-electron chi connectivity index (χ3n) is 2.20. The molecule has 0 spiro atoms. The molecule has 0 saturated heterocycles. The molecule has 0 radical (unpaired) electrons. The van der Waals surface area contributed by atoms with Crippen molar-refractivity contribution in [3.05, 3.63) is 0 Å². The summed E-state index contributed by atoms with van der Waals surface area (Å²) in [5.74, 6) is -1.15. The normalized spacial score (nSPS) is 19.4. The van der Waals surface area contributed by atoms with Gasteiger partial charge in [0.25, 0.3) is 0 Å². The smallest absolute Gasteiger partial charge is 0.399 e. The molecular weight excluding hydrogens is 197 g/mol. The Kier molecular flexibility index (Phi) is 3.77. The van der Waals surface area contributed by atoms with Crippen LogP contribution < -0.4 is 0 Å². The lowest BCUT2D eigenvalue weighted by Gasteiger charge is -2.21. The molecule has 0 N–H and O–H groups in total. The Bertz CT molecular complexity index is 195. The van der Waals surface area contributed by atoms with Crippen LogP contribution in [0.1, 0.15) is 38.5 Å². The Hall–Kier alpha value is -0.740. The van der Waals surface area contributed by atoms with Crippen molar-refractivity contribution in [3.8, 4) is 0 Å². The van der Waals surface area contributed by atoms with Gasteiger partial charge >= 0.3 is 12.1 Å². The molecule has 0 unspecified atom stereocenters. The van der Waals surface area contributed by atoms with Crippen molar-refractivity contribution >= 4 is 5.97 Å². The highest BCUT2D eigenvalue weighted by Crippen LogP contribution is 2.24. The van der Waals surface area contributed by atoms with Crippen molar-refractivity contribution in [1.29, 1.82) is 0 Å². The van der Waals surface area contributed by atoms with Gasteiger partial charge in [-0.1, -0.05) is 6.42 Å². The molecule has 5 heteroatoms. The summed E-state index contributed by atoms with van der Waals surface area (Å²) in [6.07, 6.45) is -1.87. The van der Waals surface area contributed by atoms with Crippen molar-refractivity contribution in [2.24, 2.45) is 0 Å². The Morgan fingerprint density at radius 1 is 1.21 bits per heavy atom. The van der Waals surface area contributed by atoms with Crippen LogP contribution in [0.3, 0.4) is 0 Å². The Morgan fingerprint density at radius 2 is 1.79 bits per heavy atom. The molecular formula is C9H13F3O2. The summed E-state index contributed by atoms with van der Waals surface area (Å²) in [6.45, 7) is 0. The summed E-state index contributed by atoms with van der Waals surface area (Å²) in [5.41, 5.74) is 0. The number of halogens is 3. The highest BCUT2D eigenvalue weighted by molar-refractivity contribution is 5.70. The fraction of sp³-hybridized carbons (Fsp3) is 0.889. The number of hydrogen-bond acceptors (Lipinski definition) is 2. The molecule has 0 amide bonds. The second-order valence-electron chi connectivity index (χ2n) is 3.54. The van der Waals surface area contributed by atoms with E-state index < -0.39 is 18.6 Å². The third kappa shape index (κ3) is 4.48. The van der Waals surface area contributed by atoms with Crippen molar-refractivity contribution in [2.75, 3.05) is 0 Å². The molecule has 2 nitrogen and oxygen atoms in total. The van der Waals surface area contributed by atoms with Crippen LogP contribution in [0.2, 0.25) is 0 Å². The molecule has 0 heterocycles. The predicted octanol–water partition coefficient (Wildman–Crippen LogP) is 2.81. The molecule has 1 aliphatic rings. The van der Waals surface area contributed by atoms with Gasteiger partial charge in [-0.15, -0.1) is 0 Å². The average molecular weight is 210 g/mol. The molecule has 1 rings (SSSR count). The zero-order valence-electron chi connectivity index (χ0n) is 7.77. The monoisotopic (exact) mass is 210 g/mol. The summed E-state index contributed by atoms with van der Waals surface area (Å²) < 4.78 is 40.0. The van der Waals surface area contributed by atoms with Crippen LogP contribution in [0.15, 0.2) is 0 Å². The Balaban J connectivity index is 2.25. The number of esters is 1. The van der Waals surface area contributed by atoms with E-state index >= 15 is 0 Å². The van der Waals surface area contributed by atoms with Crippen molar-refractivity contribution in [2.45, 2.75) is 50.8 Å². The molecule has 0 atom stereocenters. The number of carbonyl (C=O) groups excluding carboxylic acids is 1.